The van der Waals surface area contributed by atoms with Gasteiger partial charge in [0.15, 0.2) is 0 Å². The van der Waals surface area contributed by atoms with Gasteiger partial charge < -0.3 is 15.2 Å². The van der Waals surface area contributed by atoms with Crippen molar-refractivity contribution in [2.24, 2.45) is 0 Å². The van der Waals surface area contributed by atoms with Crippen molar-refractivity contribution in [3.63, 3.8) is 0 Å². The first kappa shape index (κ1) is 14.2. The average molecular weight is 264 g/mol. The average Bonchev–Trinajstić information content (AvgIpc) is 2.30. The maximum absolute atomic E-state index is 12.1. The van der Waals surface area contributed by atoms with Crippen LogP contribution in [0.25, 0.3) is 0 Å². The number of hydrogen-bond donors (Lipinski definition) is 2. The zero-order chi connectivity index (χ0) is 14.0. The lowest BCUT2D eigenvalue weighted by Crippen LogP contribution is -2.42. The van der Waals surface area contributed by atoms with Gasteiger partial charge in [0.05, 0.1) is 5.56 Å². The molecular weight excluding hydrogens is 240 g/mol. The van der Waals surface area contributed by atoms with E-state index in [4.69, 9.17) is 0 Å². The van der Waals surface area contributed by atoms with E-state index in [0.717, 1.165) is 37.2 Å². The van der Waals surface area contributed by atoms with Crippen molar-refractivity contribution >= 4 is 0 Å². The fraction of sp³-hybridized carbons (Fsp3) is 0.714. The quantitative estimate of drug-likeness (QED) is 0.859. The van der Waals surface area contributed by atoms with Gasteiger partial charge in [0.2, 0.25) is 0 Å². The first-order chi connectivity index (χ1) is 8.97. The number of hydrogen-bond acceptors (Lipinski definition) is 4. The number of H-pyrrole nitrogens is 1. The van der Waals surface area contributed by atoms with Gasteiger partial charge in [-0.1, -0.05) is 0 Å². The molecule has 1 aliphatic rings. The molecule has 0 aliphatic carbocycles. The number of piperidine rings is 1. The number of nitrogens with zero attached hydrogens (tertiary/aromatic N) is 2. The Morgan fingerprint density at radius 1 is 1.37 bits per heavy atom. The Hall–Kier alpha value is -1.20. The van der Waals surface area contributed by atoms with E-state index in [-0.39, 0.29) is 11.6 Å². The number of rotatable bonds is 3. The highest BCUT2D eigenvalue weighted by Crippen LogP contribution is 2.16. The molecule has 0 aromatic carbocycles. The van der Waals surface area contributed by atoms with E-state index in [2.05, 4.69) is 27.2 Å². The molecular formula is C14H24N4O. The maximum atomic E-state index is 12.1. The Labute approximate surface area is 114 Å². The van der Waals surface area contributed by atoms with Gasteiger partial charge >= 0.3 is 0 Å². The largest absolute Gasteiger partial charge is 0.310 e. The van der Waals surface area contributed by atoms with Crippen molar-refractivity contribution in [1.29, 1.82) is 0 Å². The Morgan fingerprint density at radius 2 is 2.00 bits per heavy atom. The number of likely N-dealkylation sites (tertiary alicyclic amines) is 1. The highest BCUT2D eigenvalue weighted by Gasteiger charge is 2.21. The lowest BCUT2D eigenvalue weighted by atomic mass is 10.0. The summed E-state index contributed by atoms with van der Waals surface area (Å²) in [6, 6.07) is 0.538. The van der Waals surface area contributed by atoms with Crippen LogP contribution in [0.1, 0.15) is 42.9 Å². The fourth-order valence-electron chi connectivity index (χ4n) is 2.86. The minimum absolute atomic E-state index is 0.0158. The molecule has 5 heteroatoms. The molecule has 1 saturated heterocycles. The summed E-state index contributed by atoms with van der Waals surface area (Å²) in [6.07, 6.45) is 2.27. The van der Waals surface area contributed by atoms with E-state index in [1.54, 1.807) is 0 Å². The third-order valence-corrected chi connectivity index (χ3v) is 3.90. The number of aromatic nitrogens is 2. The molecule has 1 aromatic heterocycles. The van der Waals surface area contributed by atoms with E-state index >= 15 is 0 Å². The maximum Gasteiger partial charge on any atom is 0.255 e. The minimum atomic E-state index is -0.0158. The first-order valence-electron chi connectivity index (χ1n) is 6.99. The first-order valence-corrected chi connectivity index (χ1v) is 6.99. The lowest BCUT2D eigenvalue weighted by molar-refractivity contribution is 0.226. The molecule has 5 nitrogen and oxygen atoms in total. The number of nitrogens with one attached hydrogen (secondary N) is 2. The SMILES string of the molecule is Cc1nc(C)c(C(C)NC2CCN(C)CC2)c(=O)[nH]1. The summed E-state index contributed by atoms with van der Waals surface area (Å²) in [5.74, 6) is 0.678. The van der Waals surface area contributed by atoms with Gasteiger partial charge in [0.25, 0.3) is 5.56 Å². The molecule has 0 spiro atoms. The molecule has 1 aromatic rings. The molecule has 0 saturated carbocycles. The summed E-state index contributed by atoms with van der Waals surface area (Å²) in [4.78, 5) is 21.5. The molecule has 2 rings (SSSR count). The molecule has 0 bridgehead atoms. The van der Waals surface area contributed by atoms with Crippen molar-refractivity contribution in [2.75, 3.05) is 20.1 Å². The summed E-state index contributed by atoms with van der Waals surface area (Å²) in [5, 5.41) is 3.57. The van der Waals surface area contributed by atoms with Crippen molar-refractivity contribution in [3.8, 4) is 0 Å². The molecule has 2 heterocycles. The van der Waals surface area contributed by atoms with Crippen LogP contribution < -0.4 is 10.9 Å². The molecule has 0 amide bonds. The van der Waals surface area contributed by atoms with Crippen LogP contribution >= 0.6 is 0 Å². The third kappa shape index (κ3) is 3.42. The van der Waals surface area contributed by atoms with Crippen molar-refractivity contribution in [2.45, 2.75) is 45.7 Å². The topological polar surface area (TPSA) is 61.0 Å². The van der Waals surface area contributed by atoms with E-state index in [1.807, 2.05) is 20.8 Å². The monoisotopic (exact) mass is 264 g/mol. The summed E-state index contributed by atoms with van der Waals surface area (Å²) < 4.78 is 0. The van der Waals surface area contributed by atoms with Crippen molar-refractivity contribution < 1.29 is 0 Å². The van der Waals surface area contributed by atoms with E-state index in [9.17, 15) is 4.79 Å². The molecule has 1 fully saturated rings. The minimum Gasteiger partial charge on any atom is -0.310 e. The Morgan fingerprint density at radius 3 is 2.58 bits per heavy atom. The fourth-order valence-corrected chi connectivity index (χ4v) is 2.86. The lowest BCUT2D eigenvalue weighted by Gasteiger charge is -2.31. The van der Waals surface area contributed by atoms with Crippen LogP contribution in [0.15, 0.2) is 4.79 Å². The third-order valence-electron chi connectivity index (χ3n) is 3.90. The highest BCUT2D eigenvalue weighted by molar-refractivity contribution is 5.20. The zero-order valence-electron chi connectivity index (χ0n) is 12.3. The summed E-state index contributed by atoms with van der Waals surface area (Å²) in [5.41, 5.74) is 1.58. The molecule has 106 valence electrons. The smallest absolute Gasteiger partial charge is 0.255 e. The van der Waals surface area contributed by atoms with Gasteiger partial charge in [0.1, 0.15) is 5.82 Å². The summed E-state index contributed by atoms with van der Waals surface area (Å²) in [7, 11) is 2.15. The Bertz CT molecular complexity index is 489. The standard InChI is InChI=1S/C14H24N4O/c1-9-13(14(19)17-11(3)15-9)10(2)16-12-5-7-18(4)8-6-12/h10,12,16H,5-8H2,1-4H3,(H,15,17,19). The molecule has 19 heavy (non-hydrogen) atoms. The Kier molecular flexibility index (Phi) is 4.37. The van der Waals surface area contributed by atoms with E-state index in [1.165, 1.54) is 0 Å². The normalized spacial score (nSPS) is 19.6. The van der Waals surface area contributed by atoms with Crippen LogP contribution in [-0.2, 0) is 0 Å². The second-order valence-corrected chi connectivity index (χ2v) is 5.62. The molecule has 1 aliphatic heterocycles. The van der Waals surface area contributed by atoms with Crippen molar-refractivity contribution in [1.82, 2.24) is 20.2 Å². The van der Waals surface area contributed by atoms with Crippen LogP contribution in [-0.4, -0.2) is 41.0 Å². The van der Waals surface area contributed by atoms with Crippen LogP contribution in [0, 0.1) is 13.8 Å². The number of aryl methyl sites for hydroxylation is 2. The molecule has 2 N–H and O–H groups in total. The van der Waals surface area contributed by atoms with Gasteiger partial charge in [-0.15, -0.1) is 0 Å². The van der Waals surface area contributed by atoms with Gasteiger partial charge in [0, 0.05) is 17.8 Å². The molecule has 1 atom stereocenters. The van der Waals surface area contributed by atoms with Crippen LogP contribution in [0.3, 0.4) is 0 Å². The van der Waals surface area contributed by atoms with Gasteiger partial charge in [-0.05, 0) is 53.8 Å². The van der Waals surface area contributed by atoms with Crippen LogP contribution in [0.2, 0.25) is 0 Å². The number of aromatic amines is 1. The summed E-state index contributed by atoms with van der Waals surface area (Å²) >= 11 is 0. The van der Waals surface area contributed by atoms with Gasteiger partial charge in [-0.25, -0.2) is 4.98 Å². The highest BCUT2D eigenvalue weighted by atomic mass is 16.1. The van der Waals surface area contributed by atoms with Crippen LogP contribution in [0.5, 0.6) is 0 Å². The predicted molar refractivity (Wildman–Crippen MR) is 76.4 cm³/mol. The zero-order valence-corrected chi connectivity index (χ0v) is 12.3. The molecule has 0 radical (unpaired) electrons. The predicted octanol–water partition coefficient (Wildman–Crippen LogP) is 1.13. The van der Waals surface area contributed by atoms with E-state index < -0.39 is 0 Å². The van der Waals surface area contributed by atoms with Crippen molar-refractivity contribution in [3.05, 3.63) is 27.4 Å². The van der Waals surface area contributed by atoms with Crippen LogP contribution in [0.4, 0.5) is 0 Å². The summed E-state index contributed by atoms with van der Waals surface area (Å²) in [6.45, 7) is 8.00. The van der Waals surface area contributed by atoms with Gasteiger partial charge in [-0.2, -0.15) is 0 Å². The second-order valence-electron chi connectivity index (χ2n) is 5.62. The Balaban J connectivity index is 2.08. The van der Waals surface area contributed by atoms with Gasteiger partial charge in [-0.3, -0.25) is 4.79 Å². The second kappa shape index (κ2) is 5.84. The van der Waals surface area contributed by atoms with E-state index in [0.29, 0.717) is 11.9 Å². The molecule has 1 unspecified atom stereocenters.